The first kappa shape index (κ1) is 17.2. The number of imidazole rings is 1. The van der Waals surface area contributed by atoms with E-state index < -0.39 is 9.84 Å². The number of nitrogens with one attached hydrogen (secondary N) is 2. The van der Waals surface area contributed by atoms with Gasteiger partial charge >= 0.3 is 0 Å². The Labute approximate surface area is 136 Å². The van der Waals surface area contributed by atoms with Crippen molar-refractivity contribution in [2.45, 2.75) is 13.8 Å². The SMILES string of the molecule is CC(C)CS(=O)(=O)CCNC(=O)c1cccc(-c2ncc[nH]2)c1. The van der Waals surface area contributed by atoms with Crippen molar-refractivity contribution in [1.82, 2.24) is 15.3 Å². The number of hydrogen-bond donors (Lipinski definition) is 2. The largest absolute Gasteiger partial charge is 0.351 e. The molecule has 0 saturated heterocycles. The van der Waals surface area contributed by atoms with Gasteiger partial charge in [0.05, 0.1) is 11.5 Å². The van der Waals surface area contributed by atoms with Crippen molar-refractivity contribution >= 4 is 15.7 Å². The Morgan fingerprint density at radius 2 is 2.13 bits per heavy atom. The van der Waals surface area contributed by atoms with Gasteiger partial charge in [-0.25, -0.2) is 13.4 Å². The van der Waals surface area contributed by atoms with Crippen LogP contribution in [0.25, 0.3) is 11.4 Å². The molecule has 0 atom stereocenters. The van der Waals surface area contributed by atoms with Crippen LogP contribution in [0.4, 0.5) is 0 Å². The van der Waals surface area contributed by atoms with Crippen molar-refractivity contribution in [3.8, 4) is 11.4 Å². The van der Waals surface area contributed by atoms with E-state index in [0.717, 1.165) is 5.56 Å². The summed E-state index contributed by atoms with van der Waals surface area (Å²) in [5, 5.41) is 2.65. The molecular formula is C16H21N3O3S. The molecule has 0 saturated carbocycles. The molecule has 0 aliphatic rings. The van der Waals surface area contributed by atoms with E-state index in [1.54, 1.807) is 30.6 Å². The number of rotatable bonds is 7. The molecule has 124 valence electrons. The third kappa shape index (κ3) is 5.21. The Morgan fingerprint density at radius 3 is 2.78 bits per heavy atom. The highest BCUT2D eigenvalue weighted by Gasteiger charge is 2.14. The standard InChI is InChI=1S/C16H21N3O3S/c1-12(2)11-23(21,22)9-8-19-16(20)14-5-3-4-13(10-14)15-17-6-7-18-15/h3-7,10,12H,8-9,11H2,1-2H3,(H,17,18)(H,19,20). The summed E-state index contributed by atoms with van der Waals surface area (Å²) in [4.78, 5) is 19.3. The molecule has 2 aromatic rings. The Balaban J connectivity index is 1.95. The first-order chi connectivity index (χ1) is 10.9. The van der Waals surface area contributed by atoms with Crippen molar-refractivity contribution in [2.24, 2.45) is 5.92 Å². The smallest absolute Gasteiger partial charge is 0.251 e. The lowest BCUT2D eigenvalue weighted by Crippen LogP contribution is -2.30. The quantitative estimate of drug-likeness (QED) is 0.808. The fourth-order valence-corrected chi connectivity index (χ4v) is 3.84. The second-order valence-electron chi connectivity index (χ2n) is 5.78. The molecule has 0 unspecified atom stereocenters. The number of amides is 1. The highest BCUT2D eigenvalue weighted by atomic mass is 32.2. The molecule has 23 heavy (non-hydrogen) atoms. The van der Waals surface area contributed by atoms with Gasteiger partial charge in [0.25, 0.3) is 5.91 Å². The maximum atomic E-state index is 12.1. The average Bonchev–Trinajstić information content (AvgIpc) is 3.00. The molecule has 1 aromatic heterocycles. The number of nitrogens with zero attached hydrogens (tertiary/aromatic N) is 1. The Hall–Kier alpha value is -2.15. The minimum atomic E-state index is -3.13. The number of carbonyl (C=O) groups is 1. The number of aromatic nitrogens is 2. The monoisotopic (exact) mass is 335 g/mol. The summed E-state index contributed by atoms with van der Waals surface area (Å²) in [6.45, 7) is 3.82. The predicted octanol–water partition coefficient (Wildman–Crippen LogP) is 1.88. The first-order valence-corrected chi connectivity index (χ1v) is 9.28. The van der Waals surface area contributed by atoms with Crippen molar-refractivity contribution in [2.75, 3.05) is 18.1 Å². The predicted molar refractivity (Wildman–Crippen MR) is 89.8 cm³/mol. The van der Waals surface area contributed by atoms with Gasteiger partial charge in [0.2, 0.25) is 0 Å². The second-order valence-corrected chi connectivity index (χ2v) is 8.01. The number of hydrogen-bond acceptors (Lipinski definition) is 4. The molecule has 7 heteroatoms. The van der Waals surface area contributed by atoms with E-state index in [4.69, 9.17) is 0 Å². The normalized spacial score (nSPS) is 11.6. The Morgan fingerprint density at radius 1 is 1.35 bits per heavy atom. The van der Waals surface area contributed by atoms with Crippen molar-refractivity contribution in [3.63, 3.8) is 0 Å². The zero-order valence-corrected chi connectivity index (χ0v) is 14.1. The van der Waals surface area contributed by atoms with Gasteiger partial charge in [-0.05, 0) is 18.1 Å². The summed E-state index contributed by atoms with van der Waals surface area (Å²) in [5.74, 6) is 0.559. The molecule has 1 heterocycles. The summed E-state index contributed by atoms with van der Waals surface area (Å²) < 4.78 is 23.6. The van der Waals surface area contributed by atoms with Crippen molar-refractivity contribution < 1.29 is 13.2 Å². The van der Waals surface area contributed by atoms with E-state index in [9.17, 15) is 13.2 Å². The van der Waals surface area contributed by atoms with E-state index in [1.807, 2.05) is 19.9 Å². The summed E-state index contributed by atoms with van der Waals surface area (Å²) in [6.07, 6.45) is 3.35. The van der Waals surface area contributed by atoms with Gasteiger partial charge in [-0.15, -0.1) is 0 Å². The lowest BCUT2D eigenvalue weighted by molar-refractivity contribution is 0.0956. The zero-order chi connectivity index (χ0) is 16.9. The molecule has 1 amide bonds. The lowest BCUT2D eigenvalue weighted by atomic mass is 10.1. The topological polar surface area (TPSA) is 91.9 Å². The van der Waals surface area contributed by atoms with Crippen LogP contribution < -0.4 is 5.32 Å². The van der Waals surface area contributed by atoms with Gasteiger partial charge in [-0.1, -0.05) is 26.0 Å². The van der Waals surface area contributed by atoms with Crippen LogP contribution >= 0.6 is 0 Å². The molecule has 0 fully saturated rings. The highest BCUT2D eigenvalue weighted by Crippen LogP contribution is 2.15. The van der Waals surface area contributed by atoms with E-state index in [-0.39, 0.29) is 29.9 Å². The van der Waals surface area contributed by atoms with Gasteiger partial charge in [0.15, 0.2) is 9.84 Å². The first-order valence-electron chi connectivity index (χ1n) is 7.46. The molecule has 0 spiro atoms. The number of sulfone groups is 1. The van der Waals surface area contributed by atoms with Crippen LogP contribution in [-0.4, -0.2) is 42.3 Å². The third-order valence-electron chi connectivity index (χ3n) is 3.18. The van der Waals surface area contributed by atoms with Crippen molar-refractivity contribution in [1.29, 1.82) is 0 Å². The van der Waals surface area contributed by atoms with Gasteiger partial charge in [0, 0.05) is 30.1 Å². The number of H-pyrrole nitrogens is 1. The van der Waals surface area contributed by atoms with Crippen LogP contribution in [0.15, 0.2) is 36.7 Å². The van der Waals surface area contributed by atoms with Gasteiger partial charge < -0.3 is 10.3 Å². The van der Waals surface area contributed by atoms with Gasteiger partial charge in [0.1, 0.15) is 5.82 Å². The van der Waals surface area contributed by atoms with Crippen LogP contribution in [0.2, 0.25) is 0 Å². The van der Waals surface area contributed by atoms with Crippen LogP contribution in [-0.2, 0) is 9.84 Å². The summed E-state index contributed by atoms with van der Waals surface area (Å²) in [5.41, 5.74) is 1.27. The highest BCUT2D eigenvalue weighted by molar-refractivity contribution is 7.91. The van der Waals surface area contributed by atoms with E-state index in [0.29, 0.717) is 11.4 Å². The van der Waals surface area contributed by atoms with E-state index >= 15 is 0 Å². The van der Waals surface area contributed by atoms with Gasteiger partial charge in [-0.3, -0.25) is 4.79 Å². The zero-order valence-electron chi connectivity index (χ0n) is 13.2. The fraction of sp³-hybridized carbons (Fsp3) is 0.375. The van der Waals surface area contributed by atoms with Crippen LogP contribution in [0.1, 0.15) is 24.2 Å². The molecule has 1 aromatic carbocycles. The molecule has 0 aliphatic heterocycles. The Bertz CT molecular complexity index is 753. The lowest BCUT2D eigenvalue weighted by Gasteiger charge is -2.09. The number of aromatic amines is 1. The maximum absolute atomic E-state index is 12.1. The van der Waals surface area contributed by atoms with Crippen LogP contribution in [0.3, 0.4) is 0 Å². The Kier molecular flexibility index (Phi) is 5.54. The second kappa shape index (κ2) is 7.41. The molecule has 0 radical (unpaired) electrons. The minimum Gasteiger partial charge on any atom is -0.351 e. The molecule has 2 rings (SSSR count). The molecular weight excluding hydrogens is 314 g/mol. The molecule has 2 N–H and O–H groups in total. The summed E-state index contributed by atoms with van der Waals surface area (Å²) in [7, 11) is -3.13. The molecule has 6 nitrogen and oxygen atoms in total. The van der Waals surface area contributed by atoms with Crippen LogP contribution in [0, 0.1) is 5.92 Å². The molecule has 0 aliphatic carbocycles. The van der Waals surface area contributed by atoms with Crippen LogP contribution in [0.5, 0.6) is 0 Å². The number of carbonyl (C=O) groups excluding carboxylic acids is 1. The summed E-state index contributed by atoms with van der Waals surface area (Å²) >= 11 is 0. The van der Waals surface area contributed by atoms with Crippen molar-refractivity contribution in [3.05, 3.63) is 42.2 Å². The third-order valence-corrected chi connectivity index (χ3v) is 5.18. The molecule has 0 bridgehead atoms. The van der Waals surface area contributed by atoms with E-state index in [2.05, 4.69) is 15.3 Å². The number of benzene rings is 1. The van der Waals surface area contributed by atoms with Gasteiger partial charge in [-0.2, -0.15) is 0 Å². The maximum Gasteiger partial charge on any atom is 0.251 e. The average molecular weight is 335 g/mol. The van der Waals surface area contributed by atoms with E-state index in [1.165, 1.54) is 0 Å². The summed E-state index contributed by atoms with van der Waals surface area (Å²) in [6, 6.07) is 7.02. The minimum absolute atomic E-state index is 0.0468. The fourth-order valence-electron chi connectivity index (χ4n) is 2.24.